The first kappa shape index (κ1) is 15.9. The van der Waals surface area contributed by atoms with E-state index in [0.29, 0.717) is 5.92 Å². The number of methoxy groups -OCH3 is 1. The molecule has 2 saturated heterocycles. The minimum atomic E-state index is 0.0867. The van der Waals surface area contributed by atoms with Crippen LogP contribution in [0.1, 0.15) is 18.4 Å². The molecule has 4 rings (SSSR count). The molecule has 0 bridgehead atoms. The second-order valence-corrected chi connectivity index (χ2v) is 7.59. The highest BCUT2D eigenvalue weighted by Gasteiger charge is 2.50. The van der Waals surface area contributed by atoms with Crippen molar-refractivity contribution in [2.24, 2.45) is 17.3 Å². The van der Waals surface area contributed by atoms with Crippen molar-refractivity contribution < 1.29 is 14.3 Å². The quantitative estimate of drug-likeness (QED) is 0.862. The number of rotatable bonds is 6. The van der Waals surface area contributed by atoms with Crippen LogP contribution in [0.3, 0.4) is 0 Å². The Hall–Kier alpha value is -1.59. The predicted octanol–water partition coefficient (Wildman–Crippen LogP) is 1.67. The third-order valence-corrected chi connectivity index (χ3v) is 5.69. The molecular weight excluding hydrogens is 304 g/mol. The Kier molecular flexibility index (Phi) is 4.22. The normalized spacial score (nSPS) is 29.5. The zero-order valence-corrected chi connectivity index (χ0v) is 14.3. The fraction of sp³-hybridized carbons (Fsp3) is 0.632. The third-order valence-electron chi connectivity index (χ3n) is 5.69. The number of likely N-dealkylation sites (tertiary alicyclic amines) is 1. The number of amides is 1. The van der Waals surface area contributed by atoms with Crippen molar-refractivity contribution in [1.29, 1.82) is 0 Å². The molecule has 0 radical (unpaired) electrons. The van der Waals surface area contributed by atoms with E-state index in [1.165, 1.54) is 5.56 Å². The Morgan fingerprint density at radius 1 is 1.46 bits per heavy atom. The number of nitrogens with one attached hydrogen (secondary N) is 1. The number of fused-ring (bicyclic) bond motifs is 1. The van der Waals surface area contributed by atoms with Gasteiger partial charge in [0.2, 0.25) is 5.91 Å². The van der Waals surface area contributed by atoms with Gasteiger partial charge in [0.05, 0.1) is 20.3 Å². The summed E-state index contributed by atoms with van der Waals surface area (Å²) in [6.45, 7) is 5.27. The standard InChI is InChI=1S/C19H26N2O3/c1-23-17-4-2-3-14(7-17)8-21-9-16-10-24-13-19(16,12-21)11-20-18(22)15-5-6-15/h2-4,7,15-16H,5-6,8-13H2,1H3,(H,20,22)/t16-,19+/m1/s1. The van der Waals surface area contributed by atoms with E-state index in [-0.39, 0.29) is 17.2 Å². The van der Waals surface area contributed by atoms with Crippen LogP contribution >= 0.6 is 0 Å². The first-order valence-corrected chi connectivity index (χ1v) is 8.89. The molecule has 5 heteroatoms. The molecule has 2 aliphatic heterocycles. The third kappa shape index (κ3) is 3.15. The van der Waals surface area contributed by atoms with Gasteiger partial charge in [-0.05, 0) is 30.5 Å². The number of hydrogen-bond acceptors (Lipinski definition) is 4. The Bertz CT molecular complexity index is 616. The maximum Gasteiger partial charge on any atom is 0.223 e. The maximum absolute atomic E-state index is 12.0. The lowest BCUT2D eigenvalue weighted by molar-refractivity contribution is -0.122. The summed E-state index contributed by atoms with van der Waals surface area (Å²) >= 11 is 0. The van der Waals surface area contributed by atoms with Crippen molar-refractivity contribution in [1.82, 2.24) is 10.2 Å². The van der Waals surface area contributed by atoms with E-state index in [9.17, 15) is 4.79 Å². The van der Waals surface area contributed by atoms with Crippen molar-refractivity contribution in [2.45, 2.75) is 19.4 Å². The monoisotopic (exact) mass is 330 g/mol. The molecule has 3 aliphatic rings. The van der Waals surface area contributed by atoms with Crippen LogP contribution in [0.4, 0.5) is 0 Å². The molecule has 0 unspecified atom stereocenters. The van der Waals surface area contributed by atoms with Crippen LogP contribution < -0.4 is 10.1 Å². The SMILES string of the molecule is COc1cccc(CN2C[C@@H]3COC[C@]3(CNC(=O)C3CC3)C2)c1. The van der Waals surface area contributed by atoms with Crippen LogP contribution in [0.5, 0.6) is 5.75 Å². The zero-order valence-electron chi connectivity index (χ0n) is 14.3. The van der Waals surface area contributed by atoms with Crippen molar-refractivity contribution in [3.05, 3.63) is 29.8 Å². The number of hydrogen-bond donors (Lipinski definition) is 1. The van der Waals surface area contributed by atoms with Crippen LogP contribution in [0.2, 0.25) is 0 Å². The Labute approximate surface area is 143 Å². The molecule has 1 aromatic rings. The summed E-state index contributed by atoms with van der Waals surface area (Å²) in [5.41, 5.74) is 1.36. The first-order chi connectivity index (χ1) is 11.7. The number of nitrogens with zero attached hydrogens (tertiary/aromatic N) is 1. The number of carbonyl (C=O) groups excluding carboxylic acids is 1. The topological polar surface area (TPSA) is 50.8 Å². The summed E-state index contributed by atoms with van der Waals surface area (Å²) in [4.78, 5) is 14.5. The molecule has 5 nitrogen and oxygen atoms in total. The second-order valence-electron chi connectivity index (χ2n) is 7.59. The van der Waals surface area contributed by atoms with Gasteiger partial charge in [0.25, 0.3) is 0 Å². The zero-order chi connectivity index (χ0) is 16.6. The molecule has 0 spiro atoms. The predicted molar refractivity (Wildman–Crippen MR) is 90.7 cm³/mol. The molecule has 0 aromatic heterocycles. The summed E-state index contributed by atoms with van der Waals surface area (Å²) in [5.74, 6) is 1.93. The van der Waals surface area contributed by atoms with E-state index in [0.717, 1.165) is 58.0 Å². The van der Waals surface area contributed by atoms with Crippen molar-refractivity contribution in [3.63, 3.8) is 0 Å². The average molecular weight is 330 g/mol. The smallest absolute Gasteiger partial charge is 0.223 e. The molecule has 1 amide bonds. The number of ether oxygens (including phenoxy) is 2. The van der Waals surface area contributed by atoms with E-state index < -0.39 is 0 Å². The van der Waals surface area contributed by atoms with Crippen molar-refractivity contribution in [2.75, 3.05) is 40.0 Å². The van der Waals surface area contributed by atoms with Crippen molar-refractivity contribution in [3.8, 4) is 5.75 Å². The minimum absolute atomic E-state index is 0.0867. The van der Waals surface area contributed by atoms with Gasteiger partial charge < -0.3 is 14.8 Å². The van der Waals surface area contributed by atoms with Gasteiger partial charge in [-0.2, -0.15) is 0 Å². The highest BCUT2D eigenvalue weighted by atomic mass is 16.5. The van der Waals surface area contributed by atoms with E-state index in [4.69, 9.17) is 9.47 Å². The maximum atomic E-state index is 12.0. The van der Waals surface area contributed by atoms with E-state index in [1.54, 1.807) is 7.11 Å². The van der Waals surface area contributed by atoms with Gasteiger partial charge >= 0.3 is 0 Å². The molecule has 2 atom stereocenters. The fourth-order valence-corrected chi connectivity index (χ4v) is 4.10. The molecule has 130 valence electrons. The van der Waals surface area contributed by atoms with Crippen LogP contribution in [0.15, 0.2) is 24.3 Å². The molecule has 1 aromatic carbocycles. The lowest BCUT2D eigenvalue weighted by Crippen LogP contribution is -2.43. The molecule has 1 N–H and O–H groups in total. The Balaban J connectivity index is 1.39. The Morgan fingerprint density at radius 2 is 2.33 bits per heavy atom. The van der Waals surface area contributed by atoms with E-state index >= 15 is 0 Å². The van der Waals surface area contributed by atoms with E-state index in [1.807, 2.05) is 12.1 Å². The van der Waals surface area contributed by atoms with Gasteiger partial charge in [0, 0.05) is 43.4 Å². The van der Waals surface area contributed by atoms with Crippen LogP contribution in [-0.2, 0) is 16.1 Å². The fourth-order valence-electron chi connectivity index (χ4n) is 4.10. The highest BCUT2D eigenvalue weighted by molar-refractivity contribution is 5.80. The van der Waals surface area contributed by atoms with Gasteiger partial charge in [0.1, 0.15) is 5.75 Å². The highest BCUT2D eigenvalue weighted by Crippen LogP contribution is 2.41. The number of carbonyl (C=O) groups is 1. The summed E-state index contributed by atoms with van der Waals surface area (Å²) in [6.07, 6.45) is 2.11. The van der Waals surface area contributed by atoms with Gasteiger partial charge in [-0.1, -0.05) is 12.1 Å². The van der Waals surface area contributed by atoms with Gasteiger partial charge in [0.15, 0.2) is 0 Å². The van der Waals surface area contributed by atoms with Crippen LogP contribution in [0.25, 0.3) is 0 Å². The molecule has 2 heterocycles. The lowest BCUT2D eigenvalue weighted by Gasteiger charge is -2.27. The van der Waals surface area contributed by atoms with Gasteiger partial charge in [-0.3, -0.25) is 9.69 Å². The van der Waals surface area contributed by atoms with E-state index in [2.05, 4.69) is 22.3 Å². The number of benzene rings is 1. The average Bonchev–Trinajstić information content (AvgIpc) is 3.29. The largest absolute Gasteiger partial charge is 0.497 e. The van der Waals surface area contributed by atoms with Gasteiger partial charge in [-0.25, -0.2) is 0 Å². The lowest BCUT2D eigenvalue weighted by atomic mass is 9.81. The molecular formula is C19H26N2O3. The Morgan fingerprint density at radius 3 is 3.12 bits per heavy atom. The summed E-state index contributed by atoms with van der Waals surface area (Å²) < 4.78 is 11.1. The molecule has 3 fully saturated rings. The van der Waals surface area contributed by atoms with Crippen molar-refractivity contribution >= 4 is 5.91 Å². The second kappa shape index (κ2) is 6.37. The summed E-state index contributed by atoms with van der Waals surface area (Å²) in [6, 6.07) is 8.27. The summed E-state index contributed by atoms with van der Waals surface area (Å²) in [7, 11) is 1.70. The molecule has 1 saturated carbocycles. The molecule has 24 heavy (non-hydrogen) atoms. The van der Waals surface area contributed by atoms with Gasteiger partial charge in [-0.15, -0.1) is 0 Å². The summed E-state index contributed by atoms with van der Waals surface area (Å²) in [5, 5.41) is 3.19. The van der Waals surface area contributed by atoms with Crippen LogP contribution in [-0.4, -0.2) is 50.8 Å². The molecule has 1 aliphatic carbocycles. The minimum Gasteiger partial charge on any atom is -0.497 e. The van der Waals surface area contributed by atoms with Crippen LogP contribution in [0, 0.1) is 17.3 Å². The first-order valence-electron chi connectivity index (χ1n) is 8.89.